The summed E-state index contributed by atoms with van der Waals surface area (Å²) in [6, 6.07) is 8.57. The molecular weight excluding hydrogens is 232 g/mol. The monoisotopic (exact) mass is 254 g/mol. The summed E-state index contributed by atoms with van der Waals surface area (Å²) in [5.41, 5.74) is 2.64. The molecule has 1 nitrogen and oxygen atoms in total. The van der Waals surface area contributed by atoms with Gasteiger partial charge in [0.1, 0.15) is 0 Å². The highest BCUT2D eigenvalue weighted by molar-refractivity contribution is 6.21. The van der Waals surface area contributed by atoms with E-state index in [1.807, 2.05) is 0 Å². The molecule has 0 aliphatic heterocycles. The van der Waals surface area contributed by atoms with Gasteiger partial charge in [-0.2, -0.15) is 0 Å². The molecule has 96 valence electrons. The molecule has 0 saturated carbocycles. The lowest BCUT2D eigenvalue weighted by molar-refractivity contribution is 0.202. The number of methoxy groups -OCH3 is 1. The molecule has 0 heterocycles. The molecule has 1 aromatic carbocycles. The Morgan fingerprint density at radius 2 is 1.82 bits per heavy atom. The van der Waals surface area contributed by atoms with Gasteiger partial charge in [-0.25, -0.2) is 0 Å². The van der Waals surface area contributed by atoms with Crippen LogP contribution in [0, 0.1) is 5.41 Å². The summed E-state index contributed by atoms with van der Waals surface area (Å²) in [5, 5.41) is 0.0731. The summed E-state index contributed by atoms with van der Waals surface area (Å²) in [7, 11) is 1.73. The molecule has 0 amide bonds. The van der Waals surface area contributed by atoms with Gasteiger partial charge in [0, 0.05) is 7.11 Å². The zero-order valence-corrected chi connectivity index (χ0v) is 12.1. The quantitative estimate of drug-likeness (QED) is 0.675. The van der Waals surface area contributed by atoms with E-state index in [0.29, 0.717) is 0 Å². The van der Waals surface area contributed by atoms with Crippen molar-refractivity contribution in [1.29, 1.82) is 0 Å². The Labute approximate surface area is 110 Å². The van der Waals surface area contributed by atoms with Crippen molar-refractivity contribution in [3.8, 4) is 0 Å². The Hall–Kier alpha value is -0.530. The summed E-state index contributed by atoms with van der Waals surface area (Å²) in [5.74, 6) is 0. The highest BCUT2D eigenvalue weighted by Crippen LogP contribution is 2.41. The van der Waals surface area contributed by atoms with Gasteiger partial charge < -0.3 is 4.74 Å². The molecule has 0 saturated heterocycles. The predicted octanol–water partition coefficient (Wildman–Crippen LogP) is 4.59. The van der Waals surface area contributed by atoms with Crippen molar-refractivity contribution < 1.29 is 4.74 Å². The van der Waals surface area contributed by atoms with Crippen LogP contribution in [0.3, 0.4) is 0 Å². The lowest BCUT2D eigenvalue weighted by atomic mass is 9.82. The van der Waals surface area contributed by atoms with Crippen LogP contribution in [-0.2, 0) is 11.2 Å². The maximum Gasteiger partial charge on any atom is 0.0636 e. The third kappa shape index (κ3) is 4.01. The summed E-state index contributed by atoms with van der Waals surface area (Å²) >= 11 is 6.53. The summed E-state index contributed by atoms with van der Waals surface area (Å²) in [6.07, 6.45) is 2.04. The third-order valence-electron chi connectivity index (χ3n) is 3.46. The number of benzene rings is 1. The van der Waals surface area contributed by atoms with Gasteiger partial charge in [-0.15, -0.1) is 11.6 Å². The van der Waals surface area contributed by atoms with Crippen LogP contribution in [0.15, 0.2) is 24.3 Å². The summed E-state index contributed by atoms with van der Waals surface area (Å²) in [4.78, 5) is 0. The molecule has 17 heavy (non-hydrogen) atoms. The van der Waals surface area contributed by atoms with E-state index >= 15 is 0 Å². The van der Waals surface area contributed by atoms with Crippen LogP contribution >= 0.6 is 11.6 Å². The minimum Gasteiger partial charge on any atom is -0.384 e. The molecule has 1 atom stereocenters. The fraction of sp³-hybridized carbons (Fsp3) is 0.600. The maximum atomic E-state index is 6.53. The third-order valence-corrected chi connectivity index (χ3v) is 4.31. The molecule has 0 N–H and O–H groups in total. The topological polar surface area (TPSA) is 9.23 Å². The molecular formula is C15H23ClO. The van der Waals surface area contributed by atoms with Gasteiger partial charge in [-0.1, -0.05) is 45.0 Å². The first-order chi connectivity index (χ1) is 8.01. The highest BCUT2D eigenvalue weighted by atomic mass is 35.5. The lowest BCUT2D eigenvalue weighted by Gasteiger charge is -2.29. The molecule has 0 radical (unpaired) electrons. The molecule has 1 unspecified atom stereocenters. The van der Waals surface area contributed by atoms with Crippen LogP contribution in [0.2, 0.25) is 0 Å². The highest BCUT2D eigenvalue weighted by Gasteiger charge is 2.26. The summed E-state index contributed by atoms with van der Waals surface area (Å²) in [6.45, 7) is 7.37. The van der Waals surface area contributed by atoms with Crippen LogP contribution in [0.5, 0.6) is 0 Å². The zero-order chi connectivity index (χ0) is 12.9. The van der Waals surface area contributed by atoms with Crippen molar-refractivity contribution in [2.24, 2.45) is 5.41 Å². The molecule has 0 aliphatic carbocycles. The van der Waals surface area contributed by atoms with E-state index in [1.54, 1.807) is 7.11 Å². The maximum absolute atomic E-state index is 6.53. The Bertz CT molecular complexity index is 329. The Balaban J connectivity index is 2.73. The number of halogens is 1. The molecule has 2 heteroatoms. The van der Waals surface area contributed by atoms with E-state index in [1.165, 1.54) is 11.1 Å². The van der Waals surface area contributed by atoms with Crippen LogP contribution in [0.25, 0.3) is 0 Å². The number of ether oxygens (including phenoxy) is 1. The lowest BCUT2D eigenvalue weighted by Crippen LogP contribution is -2.16. The minimum absolute atomic E-state index is 0.0731. The predicted molar refractivity (Wildman–Crippen MR) is 74.7 cm³/mol. The number of rotatable bonds is 6. The molecule has 0 bridgehead atoms. The van der Waals surface area contributed by atoms with E-state index in [9.17, 15) is 0 Å². The SMILES string of the molecule is CCC(C)(C)C(Cl)c1ccc(CCOC)cc1. The van der Waals surface area contributed by atoms with Gasteiger partial charge in [0.15, 0.2) is 0 Å². The van der Waals surface area contributed by atoms with Crippen LogP contribution in [0.4, 0.5) is 0 Å². The zero-order valence-electron chi connectivity index (χ0n) is 11.3. The Kier molecular flexibility index (Phi) is 5.48. The first-order valence-corrected chi connectivity index (χ1v) is 6.66. The smallest absolute Gasteiger partial charge is 0.0636 e. The van der Waals surface area contributed by atoms with E-state index in [2.05, 4.69) is 45.0 Å². The van der Waals surface area contributed by atoms with Gasteiger partial charge >= 0.3 is 0 Å². The van der Waals surface area contributed by atoms with Gasteiger partial charge in [0.2, 0.25) is 0 Å². The minimum atomic E-state index is 0.0731. The van der Waals surface area contributed by atoms with Crippen molar-refractivity contribution in [3.63, 3.8) is 0 Å². The van der Waals surface area contributed by atoms with Gasteiger partial charge in [-0.3, -0.25) is 0 Å². The molecule has 1 aromatic rings. The standard InChI is InChI=1S/C15H23ClO/c1-5-15(2,3)14(16)13-8-6-12(7-9-13)10-11-17-4/h6-9,14H,5,10-11H2,1-4H3. The van der Waals surface area contributed by atoms with Gasteiger partial charge in [0.05, 0.1) is 12.0 Å². The number of alkyl halides is 1. The van der Waals surface area contributed by atoms with Crippen molar-refractivity contribution >= 4 is 11.6 Å². The van der Waals surface area contributed by atoms with Crippen molar-refractivity contribution in [1.82, 2.24) is 0 Å². The molecule has 0 fully saturated rings. The second kappa shape index (κ2) is 6.42. The fourth-order valence-electron chi connectivity index (χ4n) is 1.70. The average Bonchev–Trinajstić information content (AvgIpc) is 2.36. The second-order valence-corrected chi connectivity index (χ2v) is 5.63. The molecule has 0 aromatic heterocycles. The Morgan fingerprint density at radius 1 is 1.24 bits per heavy atom. The van der Waals surface area contributed by atoms with Crippen molar-refractivity contribution in [2.75, 3.05) is 13.7 Å². The first-order valence-electron chi connectivity index (χ1n) is 6.23. The van der Waals surface area contributed by atoms with Crippen molar-refractivity contribution in [3.05, 3.63) is 35.4 Å². The molecule has 0 spiro atoms. The Morgan fingerprint density at radius 3 is 2.29 bits per heavy atom. The molecule has 1 rings (SSSR count). The van der Waals surface area contributed by atoms with Crippen LogP contribution < -0.4 is 0 Å². The average molecular weight is 255 g/mol. The number of hydrogen-bond donors (Lipinski definition) is 0. The molecule has 0 aliphatic rings. The van der Waals surface area contributed by atoms with E-state index in [-0.39, 0.29) is 10.8 Å². The van der Waals surface area contributed by atoms with Crippen LogP contribution in [-0.4, -0.2) is 13.7 Å². The van der Waals surface area contributed by atoms with E-state index in [4.69, 9.17) is 16.3 Å². The van der Waals surface area contributed by atoms with Gasteiger partial charge in [0.25, 0.3) is 0 Å². The normalized spacial score (nSPS) is 13.7. The van der Waals surface area contributed by atoms with Crippen molar-refractivity contribution in [2.45, 2.75) is 39.0 Å². The van der Waals surface area contributed by atoms with Crippen LogP contribution in [0.1, 0.15) is 43.7 Å². The largest absolute Gasteiger partial charge is 0.384 e. The first kappa shape index (κ1) is 14.5. The van der Waals surface area contributed by atoms with E-state index < -0.39 is 0 Å². The van der Waals surface area contributed by atoms with E-state index in [0.717, 1.165) is 19.4 Å². The number of hydrogen-bond acceptors (Lipinski definition) is 1. The summed E-state index contributed by atoms with van der Waals surface area (Å²) < 4.78 is 5.07. The fourth-order valence-corrected chi connectivity index (χ4v) is 2.00. The van der Waals surface area contributed by atoms with Gasteiger partial charge in [-0.05, 0) is 29.4 Å². The second-order valence-electron chi connectivity index (χ2n) is 5.19.